The Balaban J connectivity index is 1.67. The Morgan fingerprint density at radius 2 is 1.65 bits per heavy atom. The van der Waals surface area contributed by atoms with Crippen LogP contribution < -0.4 is 0 Å². The van der Waals surface area contributed by atoms with Gasteiger partial charge >= 0.3 is 0 Å². The van der Waals surface area contributed by atoms with Crippen molar-refractivity contribution in [3.05, 3.63) is 95.4 Å². The molecular weight excluding hydrogens is 410 g/mol. The third-order valence-electron chi connectivity index (χ3n) is 5.45. The maximum Gasteiger partial charge on any atom is 0.202 e. The van der Waals surface area contributed by atoms with Gasteiger partial charge in [0.25, 0.3) is 0 Å². The lowest BCUT2D eigenvalue weighted by Crippen LogP contribution is -2.18. The summed E-state index contributed by atoms with van der Waals surface area (Å²) in [5.74, 6) is -0.0830. The summed E-state index contributed by atoms with van der Waals surface area (Å²) in [6.07, 6.45) is 1.76. The number of fused-ring (bicyclic) bond motifs is 1. The van der Waals surface area contributed by atoms with Crippen molar-refractivity contribution in [2.24, 2.45) is 0 Å². The lowest BCUT2D eigenvalue weighted by molar-refractivity contribution is -0.120. The van der Waals surface area contributed by atoms with Gasteiger partial charge in [-0.25, -0.2) is 13.4 Å². The molecule has 4 rings (SSSR count). The second-order valence-corrected chi connectivity index (χ2v) is 9.76. The maximum absolute atomic E-state index is 13.4. The first-order valence-electron chi connectivity index (χ1n) is 10.0. The van der Waals surface area contributed by atoms with E-state index in [0.29, 0.717) is 17.9 Å². The van der Waals surface area contributed by atoms with E-state index in [0.717, 1.165) is 22.2 Å². The topological polar surface area (TPSA) is 77.2 Å². The second kappa shape index (κ2) is 8.47. The summed E-state index contributed by atoms with van der Waals surface area (Å²) in [5, 5.41) is 0. The Labute approximate surface area is 181 Å². The Hall–Kier alpha value is -3.25. The number of nitrogens with zero attached hydrogens (tertiary/aromatic N) is 1. The minimum Gasteiger partial charge on any atom is -0.440 e. The van der Waals surface area contributed by atoms with Crippen molar-refractivity contribution in [1.29, 1.82) is 0 Å². The first-order valence-corrected chi connectivity index (χ1v) is 11.9. The molecule has 158 valence electrons. The van der Waals surface area contributed by atoms with Crippen molar-refractivity contribution < 1.29 is 17.6 Å². The number of carbonyl (C=O) groups is 1. The molecule has 4 aromatic rings. The largest absolute Gasteiger partial charge is 0.440 e. The van der Waals surface area contributed by atoms with E-state index in [2.05, 4.69) is 4.98 Å². The van der Waals surface area contributed by atoms with E-state index in [1.165, 1.54) is 6.26 Å². The fourth-order valence-corrected chi connectivity index (χ4v) is 4.32. The van der Waals surface area contributed by atoms with E-state index in [4.69, 9.17) is 4.42 Å². The van der Waals surface area contributed by atoms with Crippen LogP contribution in [0.3, 0.4) is 0 Å². The summed E-state index contributed by atoms with van der Waals surface area (Å²) in [6, 6.07) is 21.9. The quantitative estimate of drug-likeness (QED) is 0.423. The molecule has 0 bridgehead atoms. The Bertz CT molecular complexity index is 1300. The molecule has 0 N–H and O–H groups in total. The zero-order chi connectivity index (χ0) is 22.0. The Morgan fingerprint density at radius 3 is 2.32 bits per heavy atom. The van der Waals surface area contributed by atoms with Crippen molar-refractivity contribution >= 4 is 26.7 Å². The van der Waals surface area contributed by atoms with Crippen molar-refractivity contribution in [1.82, 2.24) is 4.98 Å². The Kier molecular flexibility index (Phi) is 5.74. The van der Waals surface area contributed by atoms with Crippen molar-refractivity contribution in [3.63, 3.8) is 0 Å². The van der Waals surface area contributed by atoms with E-state index in [1.807, 2.05) is 55.5 Å². The molecule has 1 atom stereocenters. The molecule has 0 aliphatic carbocycles. The van der Waals surface area contributed by atoms with Crippen LogP contribution in [0.4, 0.5) is 0 Å². The number of benzene rings is 3. The monoisotopic (exact) mass is 433 g/mol. The molecule has 1 aromatic heterocycles. The average Bonchev–Trinajstić information content (AvgIpc) is 3.15. The summed E-state index contributed by atoms with van der Waals surface area (Å²) in [4.78, 5) is 18.0. The zero-order valence-electron chi connectivity index (χ0n) is 17.4. The molecule has 0 aliphatic heterocycles. The molecule has 0 saturated carbocycles. The summed E-state index contributed by atoms with van der Waals surface area (Å²) in [6.45, 7) is 2.02. The molecule has 6 heteroatoms. The molecule has 0 saturated heterocycles. The highest BCUT2D eigenvalue weighted by molar-refractivity contribution is 7.90. The number of rotatable bonds is 7. The van der Waals surface area contributed by atoms with Gasteiger partial charge in [0.2, 0.25) is 5.89 Å². The number of aryl methyl sites for hydroxylation is 1. The first-order chi connectivity index (χ1) is 14.8. The molecule has 0 aliphatic rings. The third kappa shape index (κ3) is 4.75. The standard InChI is InChI=1S/C25H23NO4S/c1-17-7-3-4-8-19(17)15-21(18-11-13-20(14-12-18)31(2,28)29)23(27)16-25-26-22-9-5-6-10-24(22)30-25/h3-14,21H,15-16H2,1-2H3/t21-/m0/s1. The van der Waals surface area contributed by atoms with E-state index in [-0.39, 0.29) is 17.1 Å². The molecule has 1 heterocycles. The predicted molar refractivity (Wildman–Crippen MR) is 120 cm³/mol. The van der Waals surface area contributed by atoms with Crippen LogP contribution in [-0.4, -0.2) is 25.4 Å². The lowest BCUT2D eigenvalue weighted by Gasteiger charge is -2.17. The normalized spacial score (nSPS) is 12.7. The van der Waals surface area contributed by atoms with Gasteiger partial charge in [0.05, 0.1) is 11.3 Å². The van der Waals surface area contributed by atoms with Crippen LogP contribution >= 0.6 is 0 Å². The number of oxazole rings is 1. The molecule has 31 heavy (non-hydrogen) atoms. The molecular formula is C25H23NO4S. The van der Waals surface area contributed by atoms with Crippen molar-refractivity contribution in [2.45, 2.75) is 30.6 Å². The number of Topliss-reactive ketones (excluding diaryl/α,β-unsaturated/α-hetero) is 1. The molecule has 0 amide bonds. The number of aromatic nitrogens is 1. The van der Waals surface area contributed by atoms with Gasteiger partial charge in [0.15, 0.2) is 15.4 Å². The van der Waals surface area contributed by atoms with Crippen molar-refractivity contribution in [2.75, 3.05) is 6.26 Å². The molecule has 3 aromatic carbocycles. The van der Waals surface area contributed by atoms with Gasteiger partial charge < -0.3 is 4.42 Å². The molecule has 0 spiro atoms. The van der Waals surface area contributed by atoms with Crippen molar-refractivity contribution in [3.8, 4) is 0 Å². The lowest BCUT2D eigenvalue weighted by atomic mass is 9.86. The predicted octanol–water partition coefficient (Wildman–Crippen LogP) is 4.68. The highest BCUT2D eigenvalue weighted by Crippen LogP contribution is 2.27. The van der Waals surface area contributed by atoms with Gasteiger partial charge in [-0.2, -0.15) is 0 Å². The van der Waals surface area contributed by atoms with E-state index in [1.54, 1.807) is 24.3 Å². The second-order valence-electron chi connectivity index (χ2n) is 7.74. The van der Waals surface area contributed by atoms with Gasteiger partial charge in [-0.3, -0.25) is 4.79 Å². The van der Waals surface area contributed by atoms with Gasteiger partial charge in [0.1, 0.15) is 11.3 Å². The number of ketones is 1. The number of para-hydroxylation sites is 2. The van der Waals surface area contributed by atoms with E-state index >= 15 is 0 Å². The average molecular weight is 434 g/mol. The minimum absolute atomic E-state index is 0.0260. The van der Waals surface area contributed by atoms with Crippen LogP contribution in [0.15, 0.2) is 82.1 Å². The van der Waals surface area contributed by atoms with Crippen LogP contribution in [0.1, 0.15) is 28.5 Å². The van der Waals surface area contributed by atoms with Crippen LogP contribution in [-0.2, 0) is 27.5 Å². The fourth-order valence-electron chi connectivity index (χ4n) is 3.69. The van der Waals surface area contributed by atoms with Crippen LogP contribution in [0.5, 0.6) is 0 Å². The molecule has 0 radical (unpaired) electrons. The number of carbonyl (C=O) groups excluding carboxylic acids is 1. The van der Waals surface area contributed by atoms with Gasteiger partial charge in [-0.1, -0.05) is 48.5 Å². The van der Waals surface area contributed by atoms with Gasteiger partial charge in [0, 0.05) is 12.2 Å². The third-order valence-corrected chi connectivity index (χ3v) is 6.58. The van der Waals surface area contributed by atoms with E-state index < -0.39 is 15.8 Å². The summed E-state index contributed by atoms with van der Waals surface area (Å²) < 4.78 is 29.4. The number of hydrogen-bond donors (Lipinski definition) is 0. The highest BCUT2D eigenvalue weighted by Gasteiger charge is 2.24. The molecule has 0 unspecified atom stereocenters. The SMILES string of the molecule is Cc1ccccc1C[C@H](C(=O)Cc1nc2ccccc2o1)c1ccc(S(C)(=O)=O)cc1. The van der Waals surface area contributed by atoms with Crippen LogP contribution in [0.25, 0.3) is 11.1 Å². The summed E-state index contributed by atoms with van der Waals surface area (Å²) in [7, 11) is -3.30. The van der Waals surface area contributed by atoms with Crippen LogP contribution in [0.2, 0.25) is 0 Å². The minimum atomic E-state index is -3.30. The smallest absolute Gasteiger partial charge is 0.202 e. The van der Waals surface area contributed by atoms with E-state index in [9.17, 15) is 13.2 Å². The fraction of sp³-hybridized carbons (Fsp3) is 0.200. The van der Waals surface area contributed by atoms with Gasteiger partial charge in [-0.15, -0.1) is 0 Å². The number of hydrogen-bond acceptors (Lipinski definition) is 5. The number of sulfone groups is 1. The summed E-state index contributed by atoms with van der Waals surface area (Å²) in [5.41, 5.74) is 4.33. The molecule has 5 nitrogen and oxygen atoms in total. The van der Waals surface area contributed by atoms with Gasteiger partial charge in [-0.05, 0) is 54.3 Å². The molecule has 0 fully saturated rings. The highest BCUT2D eigenvalue weighted by atomic mass is 32.2. The first kappa shape index (κ1) is 21.0. The van der Waals surface area contributed by atoms with Crippen LogP contribution in [0, 0.1) is 6.92 Å². The maximum atomic E-state index is 13.4. The summed E-state index contributed by atoms with van der Waals surface area (Å²) >= 11 is 0. The Morgan fingerprint density at radius 1 is 0.968 bits per heavy atom. The zero-order valence-corrected chi connectivity index (χ0v) is 18.2.